The third-order valence-corrected chi connectivity index (χ3v) is 2.44. The van der Waals surface area contributed by atoms with E-state index in [1.165, 1.54) is 0 Å². The Bertz CT molecular complexity index is 224. The molecule has 0 amide bonds. The maximum absolute atomic E-state index is 5.74. The van der Waals surface area contributed by atoms with Gasteiger partial charge in [0.25, 0.3) is 0 Å². The van der Waals surface area contributed by atoms with Crippen molar-refractivity contribution < 1.29 is 4.74 Å². The molecule has 0 radical (unpaired) electrons. The van der Waals surface area contributed by atoms with Gasteiger partial charge in [-0.1, -0.05) is 26.1 Å². The lowest BCUT2D eigenvalue weighted by Crippen LogP contribution is -2.35. The summed E-state index contributed by atoms with van der Waals surface area (Å²) < 4.78 is 5.74. The van der Waals surface area contributed by atoms with Crippen molar-refractivity contribution in [2.24, 2.45) is 11.7 Å². The molecule has 0 atom stereocenters. The van der Waals surface area contributed by atoms with E-state index in [9.17, 15) is 0 Å². The molecule has 0 aromatic carbocycles. The molecule has 3 nitrogen and oxygen atoms in total. The summed E-state index contributed by atoms with van der Waals surface area (Å²) >= 11 is 4.92. The fourth-order valence-corrected chi connectivity index (χ4v) is 1.65. The van der Waals surface area contributed by atoms with Gasteiger partial charge < -0.3 is 15.4 Å². The van der Waals surface area contributed by atoms with E-state index < -0.39 is 0 Å². The molecule has 0 aromatic rings. The molecule has 2 N–H and O–H groups in total. The number of nitrogens with zero attached hydrogens (tertiary/aromatic N) is 1. The van der Waals surface area contributed by atoms with Crippen molar-refractivity contribution >= 4 is 17.2 Å². The second-order valence-electron chi connectivity index (χ2n) is 5.87. The lowest BCUT2D eigenvalue weighted by atomic mass is 10.2. The van der Waals surface area contributed by atoms with Gasteiger partial charge >= 0.3 is 0 Å². The van der Waals surface area contributed by atoms with Crippen LogP contribution in [0.25, 0.3) is 0 Å². The molecule has 0 heterocycles. The minimum absolute atomic E-state index is 0.0628. The van der Waals surface area contributed by atoms with Gasteiger partial charge in [-0.25, -0.2) is 0 Å². The van der Waals surface area contributed by atoms with Crippen molar-refractivity contribution in [1.29, 1.82) is 0 Å². The number of nitrogens with two attached hydrogens (primary N) is 1. The van der Waals surface area contributed by atoms with E-state index in [1.54, 1.807) is 0 Å². The second kappa shape index (κ2) is 8.01. The summed E-state index contributed by atoms with van der Waals surface area (Å²) in [5.74, 6) is 0.649. The highest BCUT2D eigenvalue weighted by molar-refractivity contribution is 7.80. The molecule has 4 heteroatoms. The van der Waals surface area contributed by atoms with Crippen molar-refractivity contribution in [3.05, 3.63) is 0 Å². The summed E-state index contributed by atoms with van der Waals surface area (Å²) in [4.78, 5) is 2.96. The Morgan fingerprint density at radius 2 is 1.88 bits per heavy atom. The zero-order valence-electron chi connectivity index (χ0n) is 12.0. The summed E-state index contributed by atoms with van der Waals surface area (Å²) in [6.45, 7) is 14.4. The first kappa shape index (κ1) is 16.8. The first-order chi connectivity index (χ1) is 7.70. The summed E-state index contributed by atoms with van der Waals surface area (Å²) in [6, 6.07) is 0. The number of hydrogen-bond donors (Lipinski definition) is 1. The summed E-state index contributed by atoms with van der Waals surface area (Å²) in [6.07, 6.45) is 0.789. The van der Waals surface area contributed by atoms with E-state index in [0.717, 1.165) is 32.7 Å². The largest absolute Gasteiger partial charge is 0.393 e. The molecule has 0 fully saturated rings. The van der Waals surface area contributed by atoms with Crippen LogP contribution in [0.1, 0.15) is 41.0 Å². The van der Waals surface area contributed by atoms with Crippen LogP contribution in [0.4, 0.5) is 0 Å². The van der Waals surface area contributed by atoms with Gasteiger partial charge in [0, 0.05) is 26.1 Å². The third-order valence-electron chi connectivity index (χ3n) is 2.24. The predicted molar refractivity (Wildman–Crippen MR) is 78.4 cm³/mol. The number of rotatable bonds is 8. The lowest BCUT2D eigenvalue weighted by Gasteiger charge is -2.26. The van der Waals surface area contributed by atoms with E-state index in [1.807, 2.05) is 0 Å². The van der Waals surface area contributed by atoms with Crippen molar-refractivity contribution in [2.45, 2.75) is 46.6 Å². The van der Waals surface area contributed by atoms with Gasteiger partial charge in [-0.15, -0.1) is 0 Å². The molecule has 102 valence electrons. The highest BCUT2D eigenvalue weighted by Gasteiger charge is 2.12. The Kier molecular flexibility index (Phi) is 7.92. The monoisotopic (exact) mass is 260 g/mol. The van der Waals surface area contributed by atoms with Crippen LogP contribution in [0.3, 0.4) is 0 Å². The average Bonchev–Trinajstić information content (AvgIpc) is 2.10. The molecule has 0 saturated heterocycles. The first-order valence-electron chi connectivity index (χ1n) is 6.35. The van der Waals surface area contributed by atoms with Crippen molar-refractivity contribution in [1.82, 2.24) is 4.90 Å². The van der Waals surface area contributed by atoms with Gasteiger partial charge in [0.1, 0.15) is 0 Å². The molecule has 0 unspecified atom stereocenters. The number of ether oxygens (including phenoxy) is 1. The number of thiocarbonyl (C=S) groups is 1. The third kappa shape index (κ3) is 12.1. The molecular weight excluding hydrogens is 232 g/mol. The fourth-order valence-electron chi connectivity index (χ4n) is 1.56. The van der Waals surface area contributed by atoms with Gasteiger partial charge in [-0.05, 0) is 26.7 Å². The van der Waals surface area contributed by atoms with Gasteiger partial charge in [0.05, 0.1) is 17.2 Å². The highest BCUT2D eigenvalue weighted by atomic mass is 32.1. The maximum atomic E-state index is 5.74. The quantitative estimate of drug-likeness (QED) is 0.680. The second-order valence-corrected chi connectivity index (χ2v) is 6.40. The van der Waals surface area contributed by atoms with Crippen LogP contribution in [-0.2, 0) is 4.74 Å². The Labute approximate surface area is 112 Å². The molecular formula is C13H28N2OS. The van der Waals surface area contributed by atoms with Crippen molar-refractivity contribution in [3.8, 4) is 0 Å². The van der Waals surface area contributed by atoms with E-state index in [-0.39, 0.29) is 5.60 Å². The van der Waals surface area contributed by atoms with Crippen LogP contribution in [0, 0.1) is 5.92 Å². The summed E-state index contributed by atoms with van der Waals surface area (Å²) in [7, 11) is 0. The highest BCUT2D eigenvalue weighted by Crippen LogP contribution is 2.07. The Morgan fingerprint density at radius 1 is 1.29 bits per heavy atom. The molecule has 0 spiro atoms. The Balaban J connectivity index is 3.97. The summed E-state index contributed by atoms with van der Waals surface area (Å²) in [5.41, 5.74) is 5.48. The van der Waals surface area contributed by atoms with E-state index in [0.29, 0.717) is 10.9 Å². The first-order valence-corrected chi connectivity index (χ1v) is 6.76. The molecule has 0 aliphatic heterocycles. The standard InChI is InChI=1S/C13H28N2OS/c1-11(2)10-15(7-6-12(14)17)8-9-16-13(3,4)5/h11H,6-10H2,1-5H3,(H2,14,17). The number of hydrogen-bond acceptors (Lipinski definition) is 3. The Hall–Kier alpha value is -0.190. The van der Waals surface area contributed by atoms with Gasteiger partial charge in [0.2, 0.25) is 0 Å². The van der Waals surface area contributed by atoms with Crippen LogP contribution in [0.5, 0.6) is 0 Å². The lowest BCUT2D eigenvalue weighted by molar-refractivity contribution is -0.0137. The zero-order valence-corrected chi connectivity index (χ0v) is 12.8. The van der Waals surface area contributed by atoms with Gasteiger partial charge in [-0.2, -0.15) is 0 Å². The normalized spacial score (nSPS) is 12.4. The minimum Gasteiger partial charge on any atom is -0.393 e. The SMILES string of the molecule is CC(C)CN(CCOC(C)(C)C)CCC(N)=S. The van der Waals surface area contributed by atoms with Crippen LogP contribution in [0.15, 0.2) is 0 Å². The average molecular weight is 260 g/mol. The molecule has 0 bridgehead atoms. The van der Waals surface area contributed by atoms with Crippen LogP contribution < -0.4 is 5.73 Å². The topological polar surface area (TPSA) is 38.5 Å². The molecule has 0 aliphatic carbocycles. The zero-order chi connectivity index (χ0) is 13.5. The van der Waals surface area contributed by atoms with Crippen LogP contribution in [-0.4, -0.2) is 41.7 Å². The smallest absolute Gasteiger partial charge is 0.0740 e. The Morgan fingerprint density at radius 3 is 2.29 bits per heavy atom. The fraction of sp³-hybridized carbons (Fsp3) is 0.923. The molecule has 0 saturated carbocycles. The molecule has 0 aromatic heterocycles. The van der Waals surface area contributed by atoms with Gasteiger partial charge in [0.15, 0.2) is 0 Å². The molecule has 0 aliphatic rings. The van der Waals surface area contributed by atoms with E-state index in [4.69, 9.17) is 22.7 Å². The minimum atomic E-state index is -0.0628. The van der Waals surface area contributed by atoms with Crippen molar-refractivity contribution in [3.63, 3.8) is 0 Å². The van der Waals surface area contributed by atoms with E-state index >= 15 is 0 Å². The van der Waals surface area contributed by atoms with Crippen molar-refractivity contribution in [2.75, 3.05) is 26.2 Å². The molecule has 0 rings (SSSR count). The van der Waals surface area contributed by atoms with Crippen LogP contribution in [0.2, 0.25) is 0 Å². The van der Waals surface area contributed by atoms with Crippen LogP contribution >= 0.6 is 12.2 Å². The summed E-state index contributed by atoms with van der Waals surface area (Å²) in [5, 5.41) is 0. The maximum Gasteiger partial charge on any atom is 0.0740 e. The predicted octanol–water partition coefficient (Wildman–Crippen LogP) is 2.44. The van der Waals surface area contributed by atoms with E-state index in [2.05, 4.69) is 39.5 Å². The van der Waals surface area contributed by atoms with Gasteiger partial charge in [-0.3, -0.25) is 0 Å². The molecule has 17 heavy (non-hydrogen) atoms.